The number of hydrogen-bond donors (Lipinski definition) is 0. The van der Waals surface area contributed by atoms with Crippen molar-refractivity contribution in [1.82, 2.24) is 9.78 Å². The average molecular weight is 211 g/mol. The fourth-order valence-corrected chi connectivity index (χ4v) is 2.16. The Bertz CT molecular complexity index is 354. The number of thioether (sulfide) groups is 1. The third-order valence-corrected chi connectivity index (χ3v) is 2.92. The largest absolute Gasteiger partial charge is 0.384 e. The maximum absolute atomic E-state index is 8.92. The number of hydrogen-bond acceptors (Lipinski definition) is 4. The molecular weight excluding hydrogens is 198 g/mol. The van der Waals surface area contributed by atoms with Gasteiger partial charge in [-0.2, -0.15) is 10.4 Å². The summed E-state index contributed by atoms with van der Waals surface area (Å²) < 4.78 is 6.69. The summed E-state index contributed by atoms with van der Waals surface area (Å²) in [6, 6.07) is 2.17. The highest BCUT2D eigenvalue weighted by atomic mass is 32.2. The van der Waals surface area contributed by atoms with Gasteiger partial charge in [0.05, 0.1) is 12.3 Å². The number of methoxy groups -OCH3 is 1. The molecule has 0 N–H and O–H groups in total. The number of ether oxygens (including phenoxy) is 1. The molecule has 0 bridgehead atoms. The van der Waals surface area contributed by atoms with Crippen molar-refractivity contribution in [2.24, 2.45) is 7.05 Å². The smallest absolute Gasteiger partial charge is 0.112 e. The van der Waals surface area contributed by atoms with E-state index in [1.165, 1.54) is 0 Å². The molecule has 0 saturated heterocycles. The minimum Gasteiger partial charge on any atom is -0.384 e. The molecule has 1 heterocycles. The molecule has 0 saturated carbocycles. The van der Waals surface area contributed by atoms with E-state index in [2.05, 4.69) is 11.2 Å². The molecule has 0 radical (unpaired) electrons. The molecule has 1 aromatic heterocycles. The lowest BCUT2D eigenvalue weighted by molar-refractivity contribution is 0.218. The van der Waals surface area contributed by atoms with Crippen LogP contribution in [0.5, 0.6) is 0 Å². The van der Waals surface area contributed by atoms with E-state index < -0.39 is 0 Å². The molecule has 76 valence electrons. The van der Waals surface area contributed by atoms with Gasteiger partial charge in [-0.3, -0.25) is 4.68 Å². The molecule has 14 heavy (non-hydrogen) atoms. The van der Waals surface area contributed by atoms with Crippen LogP contribution in [0.4, 0.5) is 0 Å². The van der Waals surface area contributed by atoms with Crippen molar-refractivity contribution in [2.45, 2.75) is 11.9 Å². The second-order valence-corrected chi connectivity index (χ2v) is 3.93. The van der Waals surface area contributed by atoms with Crippen molar-refractivity contribution < 1.29 is 4.74 Å². The van der Waals surface area contributed by atoms with Gasteiger partial charge in [-0.05, 0) is 6.92 Å². The average Bonchev–Trinajstić information content (AvgIpc) is 2.42. The number of rotatable bonds is 4. The Kier molecular flexibility index (Phi) is 3.98. The zero-order valence-corrected chi connectivity index (χ0v) is 9.39. The maximum Gasteiger partial charge on any atom is 0.112 e. The molecule has 0 aliphatic heterocycles. The molecule has 0 aromatic carbocycles. The Labute approximate surface area is 87.9 Å². The number of nitrogens with zero attached hydrogens (tertiary/aromatic N) is 3. The number of aromatic nitrogens is 2. The molecule has 1 aromatic rings. The summed E-state index contributed by atoms with van der Waals surface area (Å²) in [5, 5.41) is 14.0. The standard InChI is InChI=1S/C9H13N3OS/c1-7-8(6-10)9(12(2)11-7)14-5-4-13-3/h4-5H2,1-3H3. The SMILES string of the molecule is COCCSc1c(C#N)c(C)nn1C. The van der Waals surface area contributed by atoms with E-state index >= 15 is 0 Å². The fourth-order valence-electron chi connectivity index (χ4n) is 1.15. The Morgan fingerprint density at radius 1 is 1.64 bits per heavy atom. The summed E-state index contributed by atoms with van der Waals surface area (Å²) in [4.78, 5) is 0. The van der Waals surface area contributed by atoms with E-state index in [1.54, 1.807) is 23.6 Å². The van der Waals surface area contributed by atoms with Crippen LogP contribution in [0, 0.1) is 18.3 Å². The molecule has 4 nitrogen and oxygen atoms in total. The minimum absolute atomic E-state index is 0.675. The lowest BCUT2D eigenvalue weighted by Crippen LogP contribution is -1.97. The van der Waals surface area contributed by atoms with Crippen LogP contribution in [-0.2, 0) is 11.8 Å². The van der Waals surface area contributed by atoms with Gasteiger partial charge in [-0.1, -0.05) is 0 Å². The topological polar surface area (TPSA) is 50.8 Å². The molecule has 0 unspecified atom stereocenters. The van der Waals surface area contributed by atoms with E-state index in [9.17, 15) is 0 Å². The van der Waals surface area contributed by atoms with Gasteiger partial charge < -0.3 is 4.74 Å². The maximum atomic E-state index is 8.92. The third kappa shape index (κ3) is 2.28. The molecule has 0 aliphatic carbocycles. The van der Waals surface area contributed by atoms with Crippen molar-refractivity contribution >= 4 is 11.8 Å². The Hall–Kier alpha value is -0.990. The van der Waals surface area contributed by atoms with Crippen LogP contribution < -0.4 is 0 Å². The van der Waals surface area contributed by atoms with Gasteiger partial charge in [0.25, 0.3) is 0 Å². The monoisotopic (exact) mass is 211 g/mol. The predicted molar refractivity (Wildman–Crippen MR) is 55.3 cm³/mol. The van der Waals surface area contributed by atoms with Crippen molar-refractivity contribution in [3.8, 4) is 6.07 Å². The lowest BCUT2D eigenvalue weighted by Gasteiger charge is -2.01. The van der Waals surface area contributed by atoms with Crippen molar-refractivity contribution in [2.75, 3.05) is 19.5 Å². The van der Waals surface area contributed by atoms with E-state index in [0.717, 1.165) is 16.5 Å². The second kappa shape index (κ2) is 5.03. The van der Waals surface area contributed by atoms with Crippen LogP contribution in [-0.4, -0.2) is 29.3 Å². The quantitative estimate of drug-likeness (QED) is 0.557. The molecule has 0 atom stereocenters. The number of aryl methyl sites for hydroxylation is 2. The van der Waals surface area contributed by atoms with Crippen LogP contribution in [0.25, 0.3) is 0 Å². The highest BCUT2D eigenvalue weighted by Crippen LogP contribution is 2.23. The molecule has 0 aliphatic rings. The van der Waals surface area contributed by atoms with Crippen LogP contribution >= 0.6 is 11.8 Å². The fraction of sp³-hybridized carbons (Fsp3) is 0.556. The van der Waals surface area contributed by atoms with E-state index in [1.807, 2.05) is 14.0 Å². The molecular formula is C9H13N3OS. The van der Waals surface area contributed by atoms with Crippen LogP contribution in [0.2, 0.25) is 0 Å². The summed E-state index contributed by atoms with van der Waals surface area (Å²) in [6.45, 7) is 2.53. The van der Waals surface area contributed by atoms with Gasteiger partial charge in [0.2, 0.25) is 0 Å². The zero-order chi connectivity index (χ0) is 10.6. The predicted octanol–water partition coefficient (Wildman–Crippen LogP) is 1.34. The van der Waals surface area contributed by atoms with Crippen LogP contribution in [0.3, 0.4) is 0 Å². The highest BCUT2D eigenvalue weighted by Gasteiger charge is 2.12. The first kappa shape index (κ1) is 11.1. The summed E-state index contributed by atoms with van der Waals surface area (Å²) in [6.07, 6.45) is 0. The van der Waals surface area contributed by atoms with Gasteiger partial charge in [0.15, 0.2) is 0 Å². The van der Waals surface area contributed by atoms with E-state index in [-0.39, 0.29) is 0 Å². The molecule has 0 amide bonds. The Morgan fingerprint density at radius 3 is 2.93 bits per heavy atom. The van der Waals surface area contributed by atoms with Crippen LogP contribution in [0.1, 0.15) is 11.3 Å². The van der Waals surface area contributed by atoms with Crippen molar-refractivity contribution in [1.29, 1.82) is 5.26 Å². The van der Waals surface area contributed by atoms with Gasteiger partial charge >= 0.3 is 0 Å². The summed E-state index contributed by atoms with van der Waals surface area (Å²) in [5.74, 6) is 0.837. The lowest BCUT2D eigenvalue weighted by atomic mass is 10.3. The molecule has 0 fully saturated rings. The summed E-state index contributed by atoms with van der Waals surface area (Å²) >= 11 is 1.60. The van der Waals surface area contributed by atoms with Gasteiger partial charge in [-0.15, -0.1) is 11.8 Å². The van der Waals surface area contributed by atoms with Crippen LogP contribution in [0.15, 0.2) is 5.03 Å². The van der Waals surface area contributed by atoms with E-state index in [4.69, 9.17) is 10.00 Å². The first-order chi connectivity index (χ1) is 6.70. The number of nitriles is 1. The summed E-state index contributed by atoms with van der Waals surface area (Å²) in [7, 11) is 3.52. The van der Waals surface area contributed by atoms with Gasteiger partial charge in [0, 0.05) is 19.9 Å². The van der Waals surface area contributed by atoms with Gasteiger partial charge in [0.1, 0.15) is 16.7 Å². The van der Waals surface area contributed by atoms with Crippen molar-refractivity contribution in [3.05, 3.63) is 11.3 Å². The Balaban J connectivity index is 2.80. The second-order valence-electron chi connectivity index (χ2n) is 2.84. The van der Waals surface area contributed by atoms with E-state index in [0.29, 0.717) is 12.2 Å². The Morgan fingerprint density at radius 2 is 2.36 bits per heavy atom. The zero-order valence-electron chi connectivity index (χ0n) is 8.57. The van der Waals surface area contributed by atoms with Crippen molar-refractivity contribution in [3.63, 3.8) is 0 Å². The minimum atomic E-state index is 0.675. The summed E-state index contributed by atoms with van der Waals surface area (Å²) in [5.41, 5.74) is 1.46. The third-order valence-electron chi connectivity index (χ3n) is 1.81. The molecule has 5 heteroatoms. The first-order valence-electron chi connectivity index (χ1n) is 4.26. The highest BCUT2D eigenvalue weighted by molar-refractivity contribution is 7.99. The molecule has 1 rings (SSSR count). The molecule has 0 spiro atoms. The van der Waals surface area contributed by atoms with Gasteiger partial charge in [-0.25, -0.2) is 0 Å². The normalized spacial score (nSPS) is 10.1. The first-order valence-corrected chi connectivity index (χ1v) is 5.24.